The van der Waals surface area contributed by atoms with Gasteiger partial charge in [0.25, 0.3) is 0 Å². The molecule has 254 valence electrons. The maximum Gasteiger partial charge on any atom is 0.491 e. The molecule has 4 aromatic carbocycles. The van der Waals surface area contributed by atoms with Crippen LogP contribution in [-0.2, 0) is 26.2 Å². The molecule has 0 unspecified atom stereocenters. The lowest BCUT2D eigenvalue weighted by molar-refractivity contribution is -0.193. The van der Waals surface area contributed by atoms with Gasteiger partial charge in [0, 0.05) is 16.6 Å². The summed E-state index contributed by atoms with van der Waals surface area (Å²) in [6, 6.07) is 23.1. The molecule has 2 N–H and O–H groups in total. The first-order valence-corrected chi connectivity index (χ1v) is 17.2. The van der Waals surface area contributed by atoms with E-state index in [0.29, 0.717) is 33.2 Å². The number of alkyl halides is 3. The summed E-state index contributed by atoms with van der Waals surface area (Å²) < 4.78 is 74.4. The number of rotatable bonds is 8. The SMILES string of the molecule is NS(=O)(=O)c1ccc(-c2ccc(Cl)cc2)c(COc2ccc(-c3nc4cc(C(=O)OC(=O)C(F)(F)F)ccc4n3C3CCCCC3)cc2)c1. The fourth-order valence-electron chi connectivity index (χ4n) is 5.98. The minimum atomic E-state index is -5.31. The molecule has 1 aliphatic carbocycles. The Kier molecular flexibility index (Phi) is 9.52. The molecule has 6 rings (SSSR count). The first kappa shape index (κ1) is 34.2. The molecule has 1 saturated carbocycles. The van der Waals surface area contributed by atoms with Crippen LogP contribution in [0.2, 0.25) is 5.02 Å². The highest BCUT2D eigenvalue weighted by molar-refractivity contribution is 7.89. The normalized spacial score (nSPS) is 14.1. The lowest BCUT2D eigenvalue weighted by atomic mass is 9.95. The molecule has 1 fully saturated rings. The van der Waals surface area contributed by atoms with Crippen molar-refractivity contribution in [2.45, 2.75) is 55.8 Å². The number of ether oxygens (including phenoxy) is 2. The summed E-state index contributed by atoms with van der Waals surface area (Å²) in [6.45, 7) is 0.0248. The quantitative estimate of drug-likeness (QED) is 0.128. The molecule has 0 spiro atoms. The van der Waals surface area contributed by atoms with Crippen LogP contribution >= 0.6 is 11.6 Å². The molecule has 0 aliphatic heterocycles. The summed E-state index contributed by atoms with van der Waals surface area (Å²) in [5, 5.41) is 5.95. The maximum atomic E-state index is 12.7. The topological polar surface area (TPSA) is 131 Å². The number of sulfonamides is 1. The van der Waals surface area contributed by atoms with Gasteiger partial charge in [0.15, 0.2) is 0 Å². The summed E-state index contributed by atoms with van der Waals surface area (Å²) in [6.07, 6.45) is -0.363. The number of nitrogens with zero attached hydrogens (tertiary/aromatic N) is 2. The number of esters is 2. The summed E-state index contributed by atoms with van der Waals surface area (Å²) in [7, 11) is -3.97. The minimum absolute atomic E-state index is 0.0248. The molecule has 0 bridgehead atoms. The third-order valence-corrected chi connectivity index (χ3v) is 9.51. The van der Waals surface area contributed by atoms with Gasteiger partial charge in [-0.2, -0.15) is 13.2 Å². The lowest BCUT2D eigenvalue weighted by Crippen LogP contribution is -2.28. The number of primary sulfonamides is 1. The molecule has 5 aromatic rings. The Balaban J connectivity index is 1.29. The highest BCUT2D eigenvalue weighted by atomic mass is 35.5. The number of aromatic nitrogens is 2. The lowest BCUT2D eigenvalue weighted by Gasteiger charge is -2.25. The van der Waals surface area contributed by atoms with Gasteiger partial charge >= 0.3 is 18.1 Å². The molecule has 14 heteroatoms. The standard InChI is InChI=1S/C35H29ClF3N3O6S/c36-25-11-6-21(7-12-25)29-16-15-28(49(40,45)46)18-24(29)20-47-27-13-8-22(9-14-27)32-41-30-19-23(33(43)48-34(44)35(37,38)39)10-17-31(30)42(32)26-4-2-1-3-5-26/h6-19,26H,1-5,20H2,(H2,40,45,46). The van der Waals surface area contributed by atoms with Gasteiger partial charge in [0.05, 0.1) is 21.5 Å². The minimum Gasteiger partial charge on any atom is -0.489 e. The zero-order valence-corrected chi connectivity index (χ0v) is 27.3. The van der Waals surface area contributed by atoms with Crippen molar-refractivity contribution in [3.05, 3.63) is 101 Å². The van der Waals surface area contributed by atoms with E-state index in [9.17, 15) is 31.2 Å². The smallest absolute Gasteiger partial charge is 0.489 e. The first-order chi connectivity index (χ1) is 23.3. The van der Waals surface area contributed by atoms with Crippen molar-refractivity contribution in [1.29, 1.82) is 0 Å². The van der Waals surface area contributed by atoms with Gasteiger partial charge < -0.3 is 14.0 Å². The summed E-state index contributed by atoms with van der Waals surface area (Å²) in [5.41, 5.74) is 3.67. The van der Waals surface area contributed by atoms with Crippen molar-refractivity contribution < 1.29 is 40.7 Å². The van der Waals surface area contributed by atoms with Crippen molar-refractivity contribution >= 4 is 44.6 Å². The Labute approximate surface area is 284 Å². The summed E-state index contributed by atoms with van der Waals surface area (Å²) in [5.74, 6) is -2.93. The van der Waals surface area contributed by atoms with Crippen molar-refractivity contribution in [2.24, 2.45) is 5.14 Å². The van der Waals surface area contributed by atoms with Crippen LogP contribution in [0.25, 0.3) is 33.5 Å². The third-order valence-electron chi connectivity index (χ3n) is 8.35. The maximum absolute atomic E-state index is 12.7. The van der Waals surface area contributed by atoms with Gasteiger partial charge in [-0.1, -0.05) is 49.1 Å². The number of hydrogen-bond donors (Lipinski definition) is 1. The highest BCUT2D eigenvalue weighted by Crippen LogP contribution is 2.37. The molecule has 0 atom stereocenters. The molecule has 9 nitrogen and oxygen atoms in total. The van der Waals surface area contributed by atoms with Crippen LogP contribution in [0, 0.1) is 0 Å². The average Bonchev–Trinajstić information content (AvgIpc) is 3.46. The van der Waals surface area contributed by atoms with Crippen LogP contribution in [0.4, 0.5) is 13.2 Å². The van der Waals surface area contributed by atoms with Crippen molar-refractivity contribution in [2.75, 3.05) is 0 Å². The number of benzene rings is 4. The fraction of sp³-hybridized carbons (Fsp3) is 0.229. The van der Waals surface area contributed by atoms with E-state index in [1.54, 1.807) is 36.4 Å². The van der Waals surface area contributed by atoms with Gasteiger partial charge in [-0.25, -0.2) is 28.1 Å². The Morgan fingerprint density at radius 2 is 1.57 bits per heavy atom. The predicted octanol–water partition coefficient (Wildman–Crippen LogP) is 8.00. The van der Waals surface area contributed by atoms with Crippen molar-refractivity contribution in [1.82, 2.24) is 9.55 Å². The van der Waals surface area contributed by atoms with E-state index in [4.69, 9.17) is 26.5 Å². The zero-order valence-electron chi connectivity index (χ0n) is 25.7. The van der Waals surface area contributed by atoms with Gasteiger partial charge in [-0.15, -0.1) is 0 Å². The third kappa shape index (κ3) is 7.64. The highest BCUT2D eigenvalue weighted by Gasteiger charge is 2.42. The van der Waals surface area contributed by atoms with Gasteiger partial charge in [-0.05, 0) is 96.3 Å². The Bertz CT molecular complexity index is 2140. The first-order valence-electron chi connectivity index (χ1n) is 15.3. The van der Waals surface area contributed by atoms with Crippen LogP contribution in [0.15, 0.2) is 89.8 Å². The average molecular weight is 712 g/mol. The van der Waals surface area contributed by atoms with Crippen LogP contribution in [-0.4, -0.2) is 36.1 Å². The van der Waals surface area contributed by atoms with Crippen LogP contribution < -0.4 is 9.88 Å². The van der Waals surface area contributed by atoms with Crippen molar-refractivity contribution in [3.63, 3.8) is 0 Å². The van der Waals surface area contributed by atoms with E-state index in [0.717, 1.165) is 48.8 Å². The Morgan fingerprint density at radius 3 is 2.22 bits per heavy atom. The molecule has 0 amide bonds. The molecule has 49 heavy (non-hydrogen) atoms. The van der Waals surface area contributed by atoms with Crippen LogP contribution in [0.1, 0.15) is 54.1 Å². The zero-order chi connectivity index (χ0) is 34.9. The van der Waals surface area contributed by atoms with E-state index < -0.39 is 28.1 Å². The predicted molar refractivity (Wildman–Crippen MR) is 176 cm³/mol. The number of imidazole rings is 1. The monoisotopic (exact) mass is 711 g/mol. The molecule has 0 saturated heterocycles. The number of carbonyl (C=O) groups excluding carboxylic acids is 2. The van der Waals surface area contributed by atoms with Gasteiger partial charge in [0.2, 0.25) is 10.0 Å². The van der Waals surface area contributed by atoms with E-state index >= 15 is 0 Å². The molecule has 1 aromatic heterocycles. The van der Waals surface area contributed by atoms with Gasteiger partial charge in [0.1, 0.15) is 18.2 Å². The second-order valence-corrected chi connectivity index (χ2v) is 13.7. The number of carbonyl (C=O) groups is 2. The molecular formula is C35H29ClF3N3O6S. The van der Waals surface area contributed by atoms with Crippen molar-refractivity contribution in [3.8, 4) is 28.3 Å². The van der Waals surface area contributed by atoms with E-state index in [-0.39, 0.29) is 23.1 Å². The number of fused-ring (bicyclic) bond motifs is 1. The second-order valence-electron chi connectivity index (χ2n) is 11.7. The number of nitrogens with two attached hydrogens (primary N) is 1. The Hall–Kier alpha value is -4.72. The van der Waals surface area contributed by atoms with Gasteiger partial charge in [-0.3, -0.25) is 0 Å². The largest absolute Gasteiger partial charge is 0.491 e. The van der Waals surface area contributed by atoms with E-state index in [1.165, 1.54) is 24.3 Å². The summed E-state index contributed by atoms with van der Waals surface area (Å²) in [4.78, 5) is 28.3. The van der Waals surface area contributed by atoms with Crippen LogP contribution in [0.3, 0.4) is 0 Å². The van der Waals surface area contributed by atoms with E-state index in [1.807, 2.05) is 24.3 Å². The number of hydrogen-bond acceptors (Lipinski definition) is 7. The summed E-state index contributed by atoms with van der Waals surface area (Å²) >= 11 is 6.06. The Morgan fingerprint density at radius 1 is 0.898 bits per heavy atom. The molecule has 1 aliphatic rings. The fourth-order valence-corrected chi connectivity index (χ4v) is 6.67. The van der Waals surface area contributed by atoms with Crippen LogP contribution in [0.5, 0.6) is 5.75 Å². The number of halogens is 4. The molecule has 1 heterocycles. The molecular weight excluding hydrogens is 683 g/mol. The second kappa shape index (κ2) is 13.7. The van der Waals surface area contributed by atoms with E-state index in [2.05, 4.69) is 9.30 Å². The molecule has 0 radical (unpaired) electrons.